The summed E-state index contributed by atoms with van der Waals surface area (Å²) in [5.41, 5.74) is 6.92. The highest BCUT2D eigenvalue weighted by atomic mass is 79.9. The van der Waals surface area contributed by atoms with Gasteiger partial charge in [0.05, 0.1) is 14.2 Å². The minimum absolute atomic E-state index is 0.215. The number of fused-ring (bicyclic) bond motifs is 2. The predicted molar refractivity (Wildman–Crippen MR) is 91.2 cm³/mol. The van der Waals surface area contributed by atoms with E-state index in [1.165, 1.54) is 0 Å². The second-order valence-electron chi connectivity index (χ2n) is 6.33. The minimum atomic E-state index is -1.13. The van der Waals surface area contributed by atoms with Crippen LogP contribution in [0.25, 0.3) is 6.08 Å². The lowest BCUT2D eigenvalue weighted by molar-refractivity contribution is -0.145. The molecule has 0 unspecified atom stereocenters. The SMILES string of the molecule is COc1cc2c(cc1OC)C1(CCC(N)(C(=O)O)CC1)C(Br)=C2. The highest BCUT2D eigenvalue weighted by Gasteiger charge is 2.49. The molecule has 0 bridgehead atoms. The first kappa shape index (κ1) is 16.3. The maximum Gasteiger partial charge on any atom is 0.323 e. The molecular weight excluding hydrogens is 362 g/mol. The largest absolute Gasteiger partial charge is 0.493 e. The van der Waals surface area contributed by atoms with Crippen LogP contribution in [-0.2, 0) is 10.2 Å². The summed E-state index contributed by atoms with van der Waals surface area (Å²) in [5.74, 6) is 0.455. The topological polar surface area (TPSA) is 81.8 Å². The summed E-state index contributed by atoms with van der Waals surface area (Å²) in [6, 6.07) is 3.97. The number of methoxy groups -OCH3 is 2. The van der Waals surface area contributed by atoms with E-state index in [0.717, 1.165) is 15.6 Å². The van der Waals surface area contributed by atoms with Crippen molar-refractivity contribution in [3.8, 4) is 11.5 Å². The lowest BCUT2D eigenvalue weighted by atomic mass is 9.65. The summed E-state index contributed by atoms with van der Waals surface area (Å²) in [6.07, 6.45) is 4.35. The monoisotopic (exact) mass is 381 g/mol. The molecule has 2 aliphatic carbocycles. The highest BCUT2D eigenvalue weighted by molar-refractivity contribution is 9.11. The van der Waals surface area contributed by atoms with Crippen molar-refractivity contribution in [1.82, 2.24) is 0 Å². The molecule has 1 spiro atoms. The number of halogens is 1. The molecule has 0 amide bonds. The van der Waals surface area contributed by atoms with Crippen LogP contribution in [-0.4, -0.2) is 30.8 Å². The van der Waals surface area contributed by atoms with Crippen molar-refractivity contribution >= 4 is 28.0 Å². The number of aliphatic carboxylic acids is 1. The Kier molecular flexibility index (Phi) is 3.92. The Hall–Kier alpha value is -1.53. The maximum absolute atomic E-state index is 11.4. The van der Waals surface area contributed by atoms with Gasteiger partial charge in [-0.1, -0.05) is 15.9 Å². The average Bonchev–Trinajstić information content (AvgIpc) is 2.80. The smallest absolute Gasteiger partial charge is 0.323 e. The zero-order chi connectivity index (χ0) is 16.8. The fraction of sp³-hybridized carbons (Fsp3) is 0.471. The number of nitrogens with two attached hydrogens (primary N) is 1. The fourth-order valence-electron chi connectivity index (χ4n) is 3.68. The number of allylic oxidation sites excluding steroid dienone is 1. The van der Waals surface area contributed by atoms with Crippen molar-refractivity contribution in [2.24, 2.45) is 5.73 Å². The fourth-order valence-corrected chi connectivity index (χ4v) is 4.53. The molecule has 6 heteroatoms. The van der Waals surface area contributed by atoms with Crippen molar-refractivity contribution < 1.29 is 19.4 Å². The Morgan fingerprint density at radius 2 is 1.74 bits per heavy atom. The molecule has 1 aromatic carbocycles. The Balaban J connectivity index is 2.02. The number of carbonyl (C=O) groups is 1. The number of rotatable bonds is 3. The zero-order valence-corrected chi connectivity index (χ0v) is 14.8. The number of carboxylic acid groups (broad SMARTS) is 1. The summed E-state index contributed by atoms with van der Waals surface area (Å²) in [6.45, 7) is 0. The first-order valence-corrected chi connectivity index (χ1v) is 8.32. The molecule has 1 saturated carbocycles. The van der Waals surface area contributed by atoms with Crippen molar-refractivity contribution in [2.45, 2.75) is 36.6 Å². The van der Waals surface area contributed by atoms with Crippen LogP contribution in [0.4, 0.5) is 0 Å². The summed E-state index contributed by atoms with van der Waals surface area (Å²) in [4.78, 5) is 11.4. The first-order chi connectivity index (χ1) is 10.9. The molecule has 0 atom stereocenters. The number of benzene rings is 1. The van der Waals surface area contributed by atoms with Gasteiger partial charge < -0.3 is 20.3 Å². The Bertz CT molecular complexity index is 690. The molecule has 0 saturated heterocycles. The molecular formula is C17H20BrNO4. The lowest BCUT2D eigenvalue weighted by Crippen LogP contribution is -2.53. The van der Waals surface area contributed by atoms with Gasteiger partial charge in [-0.2, -0.15) is 0 Å². The number of carboxylic acids is 1. The van der Waals surface area contributed by atoms with Gasteiger partial charge in [-0.3, -0.25) is 4.79 Å². The summed E-state index contributed by atoms with van der Waals surface area (Å²) in [7, 11) is 3.23. The van der Waals surface area contributed by atoms with Gasteiger partial charge in [0.1, 0.15) is 5.54 Å². The molecule has 124 valence electrons. The third kappa shape index (κ3) is 2.35. The Morgan fingerprint density at radius 3 is 2.26 bits per heavy atom. The maximum atomic E-state index is 11.4. The van der Waals surface area contributed by atoms with E-state index in [1.54, 1.807) is 14.2 Å². The highest BCUT2D eigenvalue weighted by Crippen LogP contribution is 2.56. The van der Waals surface area contributed by atoms with Crippen molar-refractivity contribution in [3.63, 3.8) is 0 Å². The van der Waals surface area contributed by atoms with Gasteiger partial charge in [-0.05, 0) is 55.0 Å². The molecule has 3 N–H and O–H groups in total. The van der Waals surface area contributed by atoms with Gasteiger partial charge in [0, 0.05) is 9.90 Å². The van der Waals surface area contributed by atoms with E-state index in [9.17, 15) is 9.90 Å². The van der Waals surface area contributed by atoms with Crippen molar-refractivity contribution in [1.29, 1.82) is 0 Å². The molecule has 2 aliphatic rings. The van der Waals surface area contributed by atoms with Crippen LogP contribution in [0.1, 0.15) is 36.8 Å². The van der Waals surface area contributed by atoms with Crippen LogP contribution in [0, 0.1) is 0 Å². The zero-order valence-electron chi connectivity index (χ0n) is 13.2. The van der Waals surface area contributed by atoms with E-state index < -0.39 is 11.5 Å². The predicted octanol–water partition coefficient (Wildman–Crippen LogP) is 3.05. The quantitative estimate of drug-likeness (QED) is 0.840. The van der Waals surface area contributed by atoms with Gasteiger partial charge in [0.15, 0.2) is 11.5 Å². The normalized spacial score (nSPS) is 29.1. The summed E-state index contributed by atoms with van der Waals surface area (Å²) in [5, 5.41) is 9.35. The molecule has 1 fully saturated rings. The van der Waals surface area contributed by atoms with E-state index in [0.29, 0.717) is 37.2 Å². The molecule has 0 aromatic heterocycles. The van der Waals surface area contributed by atoms with Crippen LogP contribution in [0.5, 0.6) is 11.5 Å². The van der Waals surface area contributed by atoms with Crippen LogP contribution >= 0.6 is 15.9 Å². The van der Waals surface area contributed by atoms with E-state index >= 15 is 0 Å². The van der Waals surface area contributed by atoms with E-state index in [-0.39, 0.29) is 5.41 Å². The van der Waals surface area contributed by atoms with Crippen LogP contribution in [0.15, 0.2) is 16.6 Å². The molecule has 0 heterocycles. The first-order valence-electron chi connectivity index (χ1n) is 7.53. The van der Waals surface area contributed by atoms with Crippen molar-refractivity contribution in [2.75, 3.05) is 14.2 Å². The second-order valence-corrected chi connectivity index (χ2v) is 7.18. The molecule has 3 rings (SSSR count). The van der Waals surface area contributed by atoms with Gasteiger partial charge in [0.25, 0.3) is 0 Å². The van der Waals surface area contributed by atoms with Gasteiger partial charge in [0.2, 0.25) is 0 Å². The number of hydrogen-bond acceptors (Lipinski definition) is 4. The van der Waals surface area contributed by atoms with E-state index in [2.05, 4.69) is 22.0 Å². The van der Waals surface area contributed by atoms with Crippen LogP contribution in [0.3, 0.4) is 0 Å². The van der Waals surface area contributed by atoms with E-state index in [4.69, 9.17) is 15.2 Å². The number of ether oxygens (including phenoxy) is 2. The van der Waals surface area contributed by atoms with Crippen LogP contribution in [0.2, 0.25) is 0 Å². The molecule has 23 heavy (non-hydrogen) atoms. The summed E-state index contributed by atoms with van der Waals surface area (Å²) >= 11 is 3.70. The second kappa shape index (κ2) is 5.53. The molecule has 0 aliphatic heterocycles. The Morgan fingerprint density at radius 1 is 1.17 bits per heavy atom. The Labute approximate surface area is 143 Å². The van der Waals surface area contributed by atoms with Gasteiger partial charge in [-0.25, -0.2) is 0 Å². The van der Waals surface area contributed by atoms with Crippen molar-refractivity contribution in [3.05, 3.63) is 27.7 Å². The molecule has 0 radical (unpaired) electrons. The third-order valence-corrected chi connectivity index (χ3v) is 6.22. The standard InChI is InChI=1S/C17H20BrNO4/c1-22-12-7-10-8-14(18)16(11(10)9-13(12)23-2)3-5-17(19,6-4-16)15(20)21/h7-9H,3-6,19H2,1-2H3,(H,20,21). The molecule has 1 aromatic rings. The number of hydrogen-bond donors (Lipinski definition) is 2. The minimum Gasteiger partial charge on any atom is -0.493 e. The van der Waals surface area contributed by atoms with Gasteiger partial charge in [-0.15, -0.1) is 0 Å². The van der Waals surface area contributed by atoms with Gasteiger partial charge >= 0.3 is 5.97 Å². The average molecular weight is 382 g/mol. The van der Waals surface area contributed by atoms with Crippen LogP contribution < -0.4 is 15.2 Å². The summed E-state index contributed by atoms with van der Waals surface area (Å²) < 4.78 is 11.9. The molecule has 5 nitrogen and oxygen atoms in total. The van der Waals surface area contributed by atoms with E-state index in [1.807, 2.05) is 12.1 Å². The third-order valence-electron chi connectivity index (χ3n) is 5.23. The lowest BCUT2D eigenvalue weighted by Gasteiger charge is -2.42.